The van der Waals surface area contributed by atoms with E-state index < -0.39 is 6.43 Å². The Balaban J connectivity index is 2.08. The van der Waals surface area contributed by atoms with E-state index in [0.29, 0.717) is 10.9 Å². The lowest BCUT2D eigenvalue weighted by Crippen LogP contribution is -1.95. The minimum absolute atomic E-state index is 0.0156. The standard InChI is InChI=1S/C15H12F2IN3/c1-2-21-8-11(18)14(20-21)13-6-3-9-7-10(15(16)17)4-5-12(9)19-13/h3-8,15H,2H2,1H3. The third-order valence-electron chi connectivity index (χ3n) is 3.25. The lowest BCUT2D eigenvalue weighted by atomic mass is 10.1. The quantitative estimate of drug-likeness (QED) is 0.600. The molecular formula is C15H12F2IN3. The van der Waals surface area contributed by atoms with Gasteiger partial charge in [0.25, 0.3) is 6.43 Å². The lowest BCUT2D eigenvalue weighted by Gasteiger charge is -2.04. The van der Waals surface area contributed by atoms with Gasteiger partial charge in [-0.25, -0.2) is 13.8 Å². The minimum Gasteiger partial charge on any atom is -0.271 e. The van der Waals surface area contributed by atoms with Gasteiger partial charge in [0.1, 0.15) is 5.69 Å². The Morgan fingerprint density at radius 3 is 2.71 bits per heavy atom. The highest BCUT2D eigenvalue weighted by Gasteiger charge is 2.12. The van der Waals surface area contributed by atoms with Crippen LogP contribution in [0.2, 0.25) is 0 Å². The molecule has 0 aliphatic heterocycles. The van der Waals surface area contributed by atoms with Crippen LogP contribution in [0.3, 0.4) is 0 Å². The number of benzene rings is 1. The molecule has 2 aromatic heterocycles. The van der Waals surface area contributed by atoms with Crippen molar-refractivity contribution in [2.45, 2.75) is 19.9 Å². The number of nitrogens with zero attached hydrogens (tertiary/aromatic N) is 3. The molecule has 21 heavy (non-hydrogen) atoms. The first-order valence-corrected chi connectivity index (χ1v) is 7.58. The predicted molar refractivity (Wildman–Crippen MR) is 86.3 cm³/mol. The average Bonchev–Trinajstić information content (AvgIpc) is 2.87. The molecular weight excluding hydrogens is 387 g/mol. The Morgan fingerprint density at radius 1 is 1.24 bits per heavy atom. The lowest BCUT2D eigenvalue weighted by molar-refractivity contribution is 0.151. The van der Waals surface area contributed by atoms with Gasteiger partial charge >= 0.3 is 0 Å². The molecule has 0 radical (unpaired) electrons. The van der Waals surface area contributed by atoms with Crippen LogP contribution in [0.1, 0.15) is 18.9 Å². The van der Waals surface area contributed by atoms with Gasteiger partial charge in [0.05, 0.1) is 14.8 Å². The summed E-state index contributed by atoms with van der Waals surface area (Å²) in [5.74, 6) is 0. The first-order valence-electron chi connectivity index (χ1n) is 6.50. The van der Waals surface area contributed by atoms with Crippen molar-refractivity contribution in [2.24, 2.45) is 0 Å². The van der Waals surface area contributed by atoms with Gasteiger partial charge in [-0.2, -0.15) is 5.10 Å². The fraction of sp³-hybridized carbons (Fsp3) is 0.200. The van der Waals surface area contributed by atoms with Crippen LogP contribution in [-0.2, 0) is 6.54 Å². The van der Waals surface area contributed by atoms with Crippen molar-refractivity contribution in [2.75, 3.05) is 0 Å². The Kier molecular flexibility index (Phi) is 3.88. The Bertz CT molecular complexity index is 799. The van der Waals surface area contributed by atoms with E-state index in [4.69, 9.17) is 0 Å². The molecule has 1 aromatic carbocycles. The van der Waals surface area contributed by atoms with Crippen molar-refractivity contribution in [1.29, 1.82) is 0 Å². The Labute approximate surface area is 134 Å². The van der Waals surface area contributed by atoms with Crippen molar-refractivity contribution in [3.05, 3.63) is 45.7 Å². The van der Waals surface area contributed by atoms with E-state index in [1.54, 1.807) is 6.07 Å². The number of halogens is 3. The fourth-order valence-corrected chi connectivity index (χ4v) is 2.85. The van der Waals surface area contributed by atoms with Gasteiger partial charge in [-0.1, -0.05) is 12.1 Å². The summed E-state index contributed by atoms with van der Waals surface area (Å²) in [6, 6.07) is 8.16. The van der Waals surface area contributed by atoms with Crippen LogP contribution in [0.5, 0.6) is 0 Å². The summed E-state index contributed by atoms with van der Waals surface area (Å²) in [5.41, 5.74) is 2.28. The number of alkyl halides is 2. The largest absolute Gasteiger partial charge is 0.271 e. The number of aryl methyl sites for hydroxylation is 1. The maximum atomic E-state index is 12.7. The van der Waals surface area contributed by atoms with E-state index in [1.165, 1.54) is 12.1 Å². The van der Waals surface area contributed by atoms with E-state index in [0.717, 1.165) is 21.5 Å². The second-order valence-electron chi connectivity index (χ2n) is 4.63. The highest BCUT2D eigenvalue weighted by molar-refractivity contribution is 14.1. The summed E-state index contributed by atoms with van der Waals surface area (Å²) in [6.45, 7) is 2.81. The molecule has 0 N–H and O–H groups in total. The molecule has 3 nitrogen and oxygen atoms in total. The van der Waals surface area contributed by atoms with E-state index >= 15 is 0 Å². The summed E-state index contributed by atoms with van der Waals surface area (Å²) in [5, 5.41) is 5.19. The van der Waals surface area contributed by atoms with E-state index in [1.807, 2.05) is 29.9 Å². The molecule has 0 bridgehead atoms. The monoisotopic (exact) mass is 399 g/mol. The van der Waals surface area contributed by atoms with Gasteiger partial charge in [0, 0.05) is 23.7 Å². The van der Waals surface area contributed by atoms with E-state index in [9.17, 15) is 8.78 Å². The molecule has 6 heteroatoms. The molecule has 0 unspecified atom stereocenters. The zero-order valence-electron chi connectivity index (χ0n) is 11.2. The van der Waals surface area contributed by atoms with Crippen molar-refractivity contribution < 1.29 is 8.78 Å². The second-order valence-corrected chi connectivity index (χ2v) is 5.79. The first-order chi connectivity index (χ1) is 10.1. The maximum Gasteiger partial charge on any atom is 0.263 e. The molecule has 3 aromatic rings. The topological polar surface area (TPSA) is 30.7 Å². The van der Waals surface area contributed by atoms with Gasteiger partial charge in [-0.05, 0) is 47.7 Å². The highest BCUT2D eigenvalue weighted by Crippen LogP contribution is 2.27. The molecule has 2 heterocycles. The van der Waals surface area contributed by atoms with Gasteiger partial charge in [0.15, 0.2) is 0 Å². The van der Waals surface area contributed by atoms with E-state index in [2.05, 4.69) is 32.7 Å². The van der Waals surface area contributed by atoms with E-state index in [-0.39, 0.29) is 5.56 Å². The van der Waals surface area contributed by atoms with Gasteiger partial charge in [-0.3, -0.25) is 4.68 Å². The third kappa shape index (κ3) is 2.76. The Hall–Kier alpha value is -1.57. The zero-order chi connectivity index (χ0) is 15.0. The predicted octanol–water partition coefficient (Wildman–Crippen LogP) is 4.66. The third-order valence-corrected chi connectivity index (χ3v) is 4.04. The number of fused-ring (bicyclic) bond motifs is 1. The van der Waals surface area contributed by atoms with Crippen molar-refractivity contribution >= 4 is 33.5 Å². The number of pyridine rings is 1. The van der Waals surface area contributed by atoms with Crippen LogP contribution in [-0.4, -0.2) is 14.8 Å². The summed E-state index contributed by atoms with van der Waals surface area (Å²) in [6.07, 6.45) is -0.503. The molecule has 0 atom stereocenters. The summed E-state index contributed by atoms with van der Waals surface area (Å²) in [4.78, 5) is 4.53. The van der Waals surface area contributed by atoms with Crippen LogP contribution < -0.4 is 0 Å². The normalized spacial score (nSPS) is 11.5. The molecule has 0 amide bonds. The Morgan fingerprint density at radius 2 is 2.05 bits per heavy atom. The van der Waals surface area contributed by atoms with Crippen LogP contribution in [0.25, 0.3) is 22.3 Å². The number of hydrogen-bond donors (Lipinski definition) is 0. The number of aromatic nitrogens is 3. The smallest absolute Gasteiger partial charge is 0.263 e. The molecule has 3 rings (SSSR count). The molecule has 0 saturated heterocycles. The molecule has 108 valence electrons. The molecule has 0 aliphatic rings. The van der Waals surface area contributed by atoms with Crippen LogP contribution >= 0.6 is 22.6 Å². The van der Waals surface area contributed by atoms with Crippen molar-refractivity contribution in [3.8, 4) is 11.4 Å². The first kappa shape index (κ1) is 14.4. The highest BCUT2D eigenvalue weighted by atomic mass is 127. The molecule has 0 saturated carbocycles. The maximum absolute atomic E-state index is 12.7. The zero-order valence-corrected chi connectivity index (χ0v) is 13.4. The van der Waals surface area contributed by atoms with Crippen molar-refractivity contribution in [3.63, 3.8) is 0 Å². The minimum atomic E-state index is -2.46. The van der Waals surface area contributed by atoms with Crippen LogP contribution in [0, 0.1) is 3.57 Å². The summed E-state index contributed by atoms with van der Waals surface area (Å²) < 4.78 is 28.3. The molecule has 0 aliphatic carbocycles. The van der Waals surface area contributed by atoms with Gasteiger partial charge in [-0.15, -0.1) is 0 Å². The fourth-order valence-electron chi connectivity index (χ4n) is 2.14. The molecule has 0 fully saturated rings. The summed E-state index contributed by atoms with van der Waals surface area (Å²) in [7, 11) is 0. The van der Waals surface area contributed by atoms with Crippen LogP contribution in [0.15, 0.2) is 36.5 Å². The van der Waals surface area contributed by atoms with Crippen molar-refractivity contribution in [1.82, 2.24) is 14.8 Å². The van der Waals surface area contributed by atoms with Crippen LogP contribution in [0.4, 0.5) is 8.78 Å². The number of rotatable bonds is 3. The SMILES string of the molecule is CCn1cc(I)c(-c2ccc3cc(C(F)F)ccc3n2)n1. The summed E-state index contributed by atoms with van der Waals surface area (Å²) >= 11 is 2.22. The average molecular weight is 399 g/mol. The second kappa shape index (κ2) is 5.67. The van der Waals surface area contributed by atoms with Gasteiger partial charge in [0.2, 0.25) is 0 Å². The molecule has 0 spiro atoms. The van der Waals surface area contributed by atoms with Gasteiger partial charge < -0.3 is 0 Å². The number of hydrogen-bond acceptors (Lipinski definition) is 2.